The van der Waals surface area contributed by atoms with Gasteiger partial charge in [-0.25, -0.2) is 0 Å². The zero-order valence-corrected chi connectivity index (χ0v) is 11.0. The Bertz CT molecular complexity index is 226. The maximum atomic E-state index is 9.58. The van der Waals surface area contributed by atoms with Crippen LogP contribution >= 0.6 is 0 Å². The van der Waals surface area contributed by atoms with E-state index in [1.807, 2.05) is 26.8 Å². The molecule has 0 aromatic rings. The predicted molar refractivity (Wildman–Crippen MR) is 71.1 cm³/mol. The van der Waals surface area contributed by atoms with Crippen LogP contribution in [0.4, 0.5) is 0 Å². The lowest BCUT2D eigenvalue weighted by Gasteiger charge is -2.04. The van der Waals surface area contributed by atoms with Crippen LogP contribution in [-0.4, -0.2) is 11.2 Å². The molecule has 1 atom stereocenters. The van der Waals surface area contributed by atoms with Gasteiger partial charge in [0.1, 0.15) is 0 Å². The van der Waals surface area contributed by atoms with Gasteiger partial charge in [0.05, 0.1) is 6.10 Å². The van der Waals surface area contributed by atoms with Crippen molar-refractivity contribution < 1.29 is 5.11 Å². The lowest BCUT2D eigenvalue weighted by molar-refractivity contribution is 0.214. The molecular weight excluding hydrogens is 196 g/mol. The third kappa shape index (κ3) is 7.54. The molecule has 0 saturated heterocycles. The van der Waals surface area contributed by atoms with Crippen molar-refractivity contribution in [1.82, 2.24) is 0 Å². The number of aliphatic hydroxyl groups excluding tert-OH is 1. The average molecular weight is 222 g/mol. The summed E-state index contributed by atoms with van der Waals surface area (Å²) in [6, 6.07) is 0. The van der Waals surface area contributed by atoms with Crippen molar-refractivity contribution in [2.45, 2.75) is 65.4 Å². The summed E-state index contributed by atoms with van der Waals surface area (Å²) in [5, 5.41) is 9.58. The summed E-state index contributed by atoms with van der Waals surface area (Å²) in [6.45, 7) is 5.83. The number of allylic oxidation sites excluding steroid dienone is 1. The van der Waals surface area contributed by atoms with E-state index in [4.69, 9.17) is 0 Å². The molecule has 0 bridgehead atoms. The molecule has 0 heterocycles. The van der Waals surface area contributed by atoms with Gasteiger partial charge in [-0.1, -0.05) is 38.8 Å². The van der Waals surface area contributed by atoms with Crippen molar-refractivity contribution in [3.8, 4) is 11.8 Å². The Labute approximate surface area is 101 Å². The summed E-state index contributed by atoms with van der Waals surface area (Å²) in [5.41, 5.74) is 0. The van der Waals surface area contributed by atoms with E-state index in [2.05, 4.69) is 17.9 Å². The molecule has 1 unspecified atom stereocenters. The van der Waals surface area contributed by atoms with Gasteiger partial charge in [-0.15, -0.1) is 11.8 Å². The summed E-state index contributed by atoms with van der Waals surface area (Å²) in [6.07, 6.45) is 10.7. The molecule has 16 heavy (non-hydrogen) atoms. The number of aliphatic hydroxyl groups is 1. The van der Waals surface area contributed by atoms with Crippen molar-refractivity contribution in [2.24, 2.45) is 5.92 Å². The Morgan fingerprint density at radius 1 is 1.31 bits per heavy atom. The number of rotatable bonds is 4. The Kier molecular flexibility index (Phi) is 10.3. The van der Waals surface area contributed by atoms with Gasteiger partial charge in [0.25, 0.3) is 0 Å². The fourth-order valence-electron chi connectivity index (χ4n) is 1.88. The van der Waals surface area contributed by atoms with E-state index in [1.165, 1.54) is 25.7 Å². The van der Waals surface area contributed by atoms with Gasteiger partial charge in [0, 0.05) is 6.42 Å². The van der Waals surface area contributed by atoms with Gasteiger partial charge in [-0.2, -0.15) is 0 Å². The van der Waals surface area contributed by atoms with Crippen molar-refractivity contribution in [3.63, 3.8) is 0 Å². The summed E-state index contributed by atoms with van der Waals surface area (Å²) in [4.78, 5) is 0. The highest BCUT2D eigenvalue weighted by atomic mass is 16.3. The van der Waals surface area contributed by atoms with Gasteiger partial charge in [0.15, 0.2) is 0 Å². The Morgan fingerprint density at radius 3 is 2.50 bits per heavy atom. The quantitative estimate of drug-likeness (QED) is 0.564. The molecule has 0 aliphatic heterocycles. The van der Waals surface area contributed by atoms with E-state index in [1.54, 1.807) is 0 Å². The molecule has 0 radical (unpaired) electrons. The first kappa shape index (κ1) is 15.3. The topological polar surface area (TPSA) is 20.2 Å². The van der Waals surface area contributed by atoms with Crippen LogP contribution in [0.3, 0.4) is 0 Å². The standard InChI is InChI=1S/C13H20O.C2H6/c1-2-3-4-9-13(14)11-10-12-7-5-6-8-12;1-2/h10-14H,4-9H2,1H3;1-2H3/b11-10+;. The van der Waals surface area contributed by atoms with Gasteiger partial charge in [0.2, 0.25) is 0 Å². The zero-order valence-electron chi connectivity index (χ0n) is 11.0. The smallest absolute Gasteiger partial charge is 0.0730 e. The van der Waals surface area contributed by atoms with Crippen molar-refractivity contribution >= 4 is 0 Å². The van der Waals surface area contributed by atoms with Crippen molar-refractivity contribution in [2.75, 3.05) is 0 Å². The summed E-state index contributed by atoms with van der Waals surface area (Å²) >= 11 is 0. The van der Waals surface area contributed by atoms with Crippen LogP contribution in [0.2, 0.25) is 0 Å². The first-order valence-electron chi connectivity index (χ1n) is 6.59. The van der Waals surface area contributed by atoms with Gasteiger partial charge >= 0.3 is 0 Å². The monoisotopic (exact) mass is 222 g/mol. The van der Waals surface area contributed by atoms with Crippen LogP contribution in [0.15, 0.2) is 12.2 Å². The zero-order chi connectivity index (χ0) is 12.2. The molecule has 0 amide bonds. The first-order valence-corrected chi connectivity index (χ1v) is 6.59. The second kappa shape index (κ2) is 10.8. The van der Waals surface area contributed by atoms with Crippen LogP contribution in [-0.2, 0) is 0 Å². The molecular formula is C15H26O. The van der Waals surface area contributed by atoms with Crippen LogP contribution in [0.1, 0.15) is 59.3 Å². The van der Waals surface area contributed by atoms with E-state index >= 15 is 0 Å². The number of hydrogen-bond acceptors (Lipinski definition) is 1. The maximum absolute atomic E-state index is 9.58. The highest BCUT2D eigenvalue weighted by Crippen LogP contribution is 2.25. The first-order chi connectivity index (χ1) is 7.83. The van der Waals surface area contributed by atoms with Gasteiger partial charge in [-0.3, -0.25) is 0 Å². The second-order valence-corrected chi connectivity index (χ2v) is 3.96. The molecule has 92 valence electrons. The molecule has 0 aromatic heterocycles. The molecule has 1 aliphatic carbocycles. The summed E-state index contributed by atoms with van der Waals surface area (Å²) < 4.78 is 0. The summed E-state index contributed by atoms with van der Waals surface area (Å²) in [5.74, 6) is 6.52. The molecule has 0 aromatic carbocycles. The van der Waals surface area contributed by atoms with E-state index in [9.17, 15) is 5.11 Å². The average Bonchev–Trinajstić information content (AvgIpc) is 2.82. The third-order valence-electron chi connectivity index (χ3n) is 2.75. The third-order valence-corrected chi connectivity index (χ3v) is 2.75. The molecule has 1 saturated carbocycles. The highest BCUT2D eigenvalue weighted by molar-refractivity contribution is 4.99. The second-order valence-electron chi connectivity index (χ2n) is 3.96. The predicted octanol–water partition coefficient (Wildman–Crippen LogP) is 3.92. The Hall–Kier alpha value is -0.740. The minimum absolute atomic E-state index is 0.295. The van der Waals surface area contributed by atoms with E-state index in [0.717, 1.165) is 18.8 Å². The molecule has 1 heteroatoms. The Balaban J connectivity index is 0.00000106. The van der Waals surface area contributed by atoms with Crippen LogP contribution in [0, 0.1) is 17.8 Å². The van der Waals surface area contributed by atoms with E-state index < -0.39 is 0 Å². The maximum Gasteiger partial charge on any atom is 0.0730 e. The molecule has 0 spiro atoms. The summed E-state index contributed by atoms with van der Waals surface area (Å²) in [7, 11) is 0. The number of hydrogen-bond donors (Lipinski definition) is 1. The van der Waals surface area contributed by atoms with Crippen LogP contribution in [0.5, 0.6) is 0 Å². The fraction of sp³-hybridized carbons (Fsp3) is 0.733. The fourth-order valence-corrected chi connectivity index (χ4v) is 1.88. The normalized spacial score (nSPS) is 17.5. The van der Waals surface area contributed by atoms with Crippen molar-refractivity contribution in [3.05, 3.63) is 12.2 Å². The molecule has 1 rings (SSSR count). The molecule has 1 fully saturated rings. The van der Waals surface area contributed by atoms with Crippen LogP contribution < -0.4 is 0 Å². The SMILES string of the molecule is CC.CC#CCCC(O)/C=C/C1CCCC1. The Morgan fingerprint density at radius 2 is 1.94 bits per heavy atom. The van der Waals surface area contributed by atoms with Crippen LogP contribution in [0.25, 0.3) is 0 Å². The highest BCUT2D eigenvalue weighted by Gasteiger charge is 2.11. The molecule has 1 aliphatic rings. The molecule has 1 nitrogen and oxygen atoms in total. The molecule has 1 N–H and O–H groups in total. The minimum atomic E-state index is -0.295. The lowest BCUT2D eigenvalue weighted by Crippen LogP contribution is -2.02. The largest absolute Gasteiger partial charge is 0.389 e. The minimum Gasteiger partial charge on any atom is -0.389 e. The van der Waals surface area contributed by atoms with E-state index in [0.29, 0.717) is 0 Å². The van der Waals surface area contributed by atoms with E-state index in [-0.39, 0.29) is 6.10 Å². The van der Waals surface area contributed by atoms with Gasteiger partial charge < -0.3 is 5.11 Å². The van der Waals surface area contributed by atoms with Gasteiger partial charge in [-0.05, 0) is 32.1 Å². The lowest BCUT2D eigenvalue weighted by atomic mass is 10.1. The van der Waals surface area contributed by atoms with Crippen molar-refractivity contribution in [1.29, 1.82) is 0 Å².